The Morgan fingerprint density at radius 2 is 2.00 bits per heavy atom. The molecule has 2 N–H and O–H groups in total. The van der Waals surface area contributed by atoms with E-state index in [2.05, 4.69) is 5.32 Å². The Morgan fingerprint density at radius 3 is 2.50 bits per heavy atom. The van der Waals surface area contributed by atoms with Gasteiger partial charge >= 0.3 is 6.18 Å². The van der Waals surface area contributed by atoms with Crippen LogP contribution in [0.5, 0.6) is 0 Å². The summed E-state index contributed by atoms with van der Waals surface area (Å²) in [5, 5.41) is 11.2. The molecule has 0 bridgehead atoms. The van der Waals surface area contributed by atoms with Crippen molar-refractivity contribution >= 4 is 5.91 Å². The molecular formula is C10H17F3N2O3. The van der Waals surface area contributed by atoms with Gasteiger partial charge in [0.2, 0.25) is 5.91 Å². The fourth-order valence-corrected chi connectivity index (χ4v) is 1.55. The molecule has 1 rings (SSSR count). The van der Waals surface area contributed by atoms with Gasteiger partial charge in [-0.3, -0.25) is 4.79 Å². The summed E-state index contributed by atoms with van der Waals surface area (Å²) in [6.07, 6.45) is -7.13. The maximum atomic E-state index is 12.1. The molecule has 0 aromatic carbocycles. The third-order valence-corrected chi connectivity index (χ3v) is 2.69. The van der Waals surface area contributed by atoms with Gasteiger partial charge in [-0.05, 0) is 6.92 Å². The SMILES string of the molecule is CC(NCC(O)C(F)(F)F)C(=O)N1CCOCC1. The van der Waals surface area contributed by atoms with E-state index in [1.165, 1.54) is 11.8 Å². The van der Waals surface area contributed by atoms with Crippen LogP contribution in [0.25, 0.3) is 0 Å². The largest absolute Gasteiger partial charge is 0.415 e. The van der Waals surface area contributed by atoms with Crippen LogP contribution in [0.15, 0.2) is 0 Å². The van der Waals surface area contributed by atoms with Crippen molar-refractivity contribution < 1.29 is 27.8 Å². The lowest BCUT2D eigenvalue weighted by Crippen LogP contribution is -2.51. The second-order valence-corrected chi connectivity index (χ2v) is 4.13. The average molecular weight is 270 g/mol. The Balaban J connectivity index is 2.35. The number of aliphatic hydroxyl groups excluding tert-OH is 1. The third-order valence-electron chi connectivity index (χ3n) is 2.69. The minimum Gasteiger partial charge on any atom is -0.382 e. The lowest BCUT2D eigenvalue weighted by molar-refractivity contribution is -0.202. The van der Waals surface area contributed by atoms with Crippen molar-refractivity contribution in [2.24, 2.45) is 0 Å². The van der Waals surface area contributed by atoms with Crippen LogP contribution in [0, 0.1) is 0 Å². The van der Waals surface area contributed by atoms with Crippen LogP contribution in [0.4, 0.5) is 13.2 Å². The van der Waals surface area contributed by atoms with E-state index in [0.29, 0.717) is 26.3 Å². The number of halogens is 3. The summed E-state index contributed by atoms with van der Waals surface area (Å²) in [6.45, 7) is 2.52. The number of amides is 1. The summed E-state index contributed by atoms with van der Waals surface area (Å²) in [6, 6.07) is -0.764. The molecule has 0 radical (unpaired) electrons. The van der Waals surface area contributed by atoms with Crippen molar-refractivity contribution in [2.45, 2.75) is 25.2 Å². The smallest absolute Gasteiger partial charge is 0.382 e. The molecule has 0 aliphatic carbocycles. The molecule has 5 nitrogen and oxygen atoms in total. The zero-order valence-corrected chi connectivity index (χ0v) is 10.0. The predicted octanol–water partition coefficient (Wildman–Crippen LogP) is -0.254. The average Bonchev–Trinajstić information content (AvgIpc) is 2.34. The summed E-state index contributed by atoms with van der Waals surface area (Å²) in [5.41, 5.74) is 0. The van der Waals surface area contributed by atoms with Crippen molar-refractivity contribution in [2.75, 3.05) is 32.8 Å². The molecule has 1 fully saturated rings. The molecule has 1 heterocycles. The van der Waals surface area contributed by atoms with E-state index in [0.717, 1.165) is 0 Å². The molecule has 1 saturated heterocycles. The van der Waals surface area contributed by atoms with Gasteiger partial charge in [0.1, 0.15) is 0 Å². The lowest BCUT2D eigenvalue weighted by Gasteiger charge is -2.30. The first-order valence-corrected chi connectivity index (χ1v) is 5.67. The van der Waals surface area contributed by atoms with E-state index >= 15 is 0 Å². The molecule has 0 aromatic rings. The first-order chi connectivity index (χ1) is 8.32. The molecule has 2 unspecified atom stereocenters. The van der Waals surface area contributed by atoms with Gasteiger partial charge in [0, 0.05) is 19.6 Å². The molecule has 1 aliphatic heterocycles. The number of carbonyl (C=O) groups excluding carboxylic acids is 1. The highest BCUT2D eigenvalue weighted by Gasteiger charge is 2.38. The highest BCUT2D eigenvalue weighted by Crippen LogP contribution is 2.19. The fraction of sp³-hybridized carbons (Fsp3) is 0.900. The monoisotopic (exact) mass is 270 g/mol. The normalized spacial score (nSPS) is 20.6. The van der Waals surface area contributed by atoms with Gasteiger partial charge in [0.15, 0.2) is 6.10 Å². The van der Waals surface area contributed by atoms with Crippen LogP contribution in [0.1, 0.15) is 6.92 Å². The van der Waals surface area contributed by atoms with Crippen LogP contribution >= 0.6 is 0 Å². The number of aliphatic hydroxyl groups is 1. The van der Waals surface area contributed by atoms with Gasteiger partial charge in [-0.2, -0.15) is 13.2 Å². The lowest BCUT2D eigenvalue weighted by atomic mass is 10.2. The van der Waals surface area contributed by atoms with E-state index in [1.807, 2.05) is 0 Å². The van der Waals surface area contributed by atoms with Crippen molar-refractivity contribution in [1.82, 2.24) is 10.2 Å². The van der Waals surface area contributed by atoms with Crippen molar-refractivity contribution in [1.29, 1.82) is 0 Å². The Bertz CT molecular complexity index is 280. The molecule has 106 valence electrons. The first kappa shape index (κ1) is 15.2. The second-order valence-electron chi connectivity index (χ2n) is 4.13. The highest BCUT2D eigenvalue weighted by atomic mass is 19.4. The summed E-state index contributed by atoms with van der Waals surface area (Å²) >= 11 is 0. The number of alkyl halides is 3. The summed E-state index contributed by atoms with van der Waals surface area (Å²) in [4.78, 5) is 13.3. The van der Waals surface area contributed by atoms with Gasteiger partial charge in [-0.1, -0.05) is 0 Å². The van der Waals surface area contributed by atoms with Crippen LogP contribution in [-0.2, 0) is 9.53 Å². The van der Waals surface area contributed by atoms with Crippen molar-refractivity contribution in [3.63, 3.8) is 0 Å². The van der Waals surface area contributed by atoms with E-state index in [1.54, 1.807) is 0 Å². The van der Waals surface area contributed by atoms with E-state index in [-0.39, 0.29) is 5.91 Å². The zero-order valence-electron chi connectivity index (χ0n) is 10.0. The van der Waals surface area contributed by atoms with Gasteiger partial charge in [-0.15, -0.1) is 0 Å². The van der Waals surface area contributed by atoms with Crippen LogP contribution in [0.3, 0.4) is 0 Å². The predicted molar refractivity (Wildman–Crippen MR) is 56.9 cm³/mol. The number of ether oxygens (including phenoxy) is 1. The number of rotatable bonds is 4. The number of hydrogen-bond acceptors (Lipinski definition) is 4. The Morgan fingerprint density at radius 1 is 1.44 bits per heavy atom. The minimum atomic E-state index is -4.67. The number of carbonyl (C=O) groups is 1. The minimum absolute atomic E-state index is 0.285. The van der Waals surface area contributed by atoms with Gasteiger partial charge in [0.25, 0.3) is 0 Å². The summed E-state index contributed by atoms with van der Waals surface area (Å²) < 4.78 is 41.2. The molecule has 8 heteroatoms. The molecule has 0 spiro atoms. The Hall–Kier alpha value is -0.860. The topological polar surface area (TPSA) is 61.8 Å². The van der Waals surface area contributed by atoms with Crippen molar-refractivity contribution in [3.05, 3.63) is 0 Å². The number of nitrogens with one attached hydrogen (secondary N) is 1. The fourth-order valence-electron chi connectivity index (χ4n) is 1.55. The Kier molecular flexibility index (Phi) is 5.36. The van der Waals surface area contributed by atoms with Gasteiger partial charge < -0.3 is 20.1 Å². The summed E-state index contributed by atoms with van der Waals surface area (Å²) in [5.74, 6) is -0.285. The van der Waals surface area contributed by atoms with Gasteiger partial charge in [-0.25, -0.2) is 0 Å². The highest BCUT2D eigenvalue weighted by molar-refractivity contribution is 5.81. The molecule has 0 aromatic heterocycles. The molecule has 18 heavy (non-hydrogen) atoms. The molecule has 1 amide bonds. The third kappa shape index (κ3) is 4.43. The summed E-state index contributed by atoms with van der Waals surface area (Å²) in [7, 11) is 0. The van der Waals surface area contributed by atoms with Gasteiger partial charge in [0.05, 0.1) is 19.3 Å². The number of morpholine rings is 1. The van der Waals surface area contributed by atoms with E-state index in [9.17, 15) is 18.0 Å². The Labute approximate surface area is 103 Å². The maximum Gasteiger partial charge on any atom is 0.415 e. The number of nitrogens with zero attached hydrogens (tertiary/aromatic N) is 1. The quantitative estimate of drug-likeness (QED) is 0.739. The van der Waals surface area contributed by atoms with E-state index in [4.69, 9.17) is 9.84 Å². The molecular weight excluding hydrogens is 253 g/mol. The van der Waals surface area contributed by atoms with E-state index < -0.39 is 24.9 Å². The first-order valence-electron chi connectivity index (χ1n) is 5.67. The number of hydrogen-bond donors (Lipinski definition) is 2. The second kappa shape index (κ2) is 6.35. The van der Waals surface area contributed by atoms with Crippen molar-refractivity contribution in [3.8, 4) is 0 Å². The molecule has 0 saturated carbocycles. The van der Waals surface area contributed by atoms with Crippen LogP contribution in [-0.4, -0.2) is 67.1 Å². The maximum absolute atomic E-state index is 12.1. The van der Waals surface area contributed by atoms with Crippen LogP contribution < -0.4 is 5.32 Å². The van der Waals surface area contributed by atoms with Crippen LogP contribution in [0.2, 0.25) is 0 Å². The zero-order chi connectivity index (χ0) is 13.8. The molecule has 1 aliphatic rings. The standard InChI is InChI=1S/C10H17F3N2O3/c1-7(14-6-8(16)10(11,12)13)9(17)15-2-4-18-5-3-15/h7-8,14,16H,2-6H2,1H3. The molecule has 2 atom stereocenters.